The van der Waals surface area contributed by atoms with Gasteiger partial charge in [-0.15, -0.1) is 0 Å². The van der Waals surface area contributed by atoms with Gasteiger partial charge < -0.3 is 29.1 Å². The first-order valence-electron chi connectivity index (χ1n) is 8.97. The number of amides is 1. The molecule has 0 unspecified atom stereocenters. The quantitative estimate of drug-likeness (QED) is 0.534. The molecule has 0 bridgehead atoms. The maximum Gasteiger partial charge on any atom is 0.257 e. The molecule has 154 valence electrons. The second-order valence-corrected chi connectivity index (χ2v) is 6.72. The lowest BCUT2D eigenvalue weighted by Gasteiger charge is -2.13. The Labute approximate surface area is 177 Å². The number of hydrogen-bond acceptors (Lipinski definition) is 7. The molecule has 2 aromatic carbocycles. The van der Waals surface area contributed by atoms with Crippen LogP contribution in [0.2, 0.25) is 0 Å². The van der Waals surface area contributed by atoms with Gasteiger partial charge in [0, 0.05) is 11.3 Å². The fourth-order valence-corrected chi connectivity index (χ4v) is 3.17. The van der Waals surface area contributed by atoms with Crippen molar-refractivity contribution < 1.29 is 28.5 Å². The highest BCUT2D eigenvalue weighted by molar-refractivity contribution is 7.80. The van der Waals surface area contributed by atoms with E-state index in [1.807, 2.05) is 0 Å². The van der Waals surface area contributed by atoms with Crippen molar-refractivity contribution in [3.05, 3.63) is 59.9 Å². The summed E-state index contributed by atoms with van der Waals surface area (Å²) in [6.45, 7) is -0.0636. The Morgan fingerprint density at radius 2 is 1.97 bits per heavy atom. The third-order valence-corrected chi connectivity index (χ3v) is 4.61. The summed E-state index contributed by atoms with van der Waals surface area (Å²) >= 11 is 5.27. The van der Waals surface area contributed by atoms with Gasteiger partial charge in [-0.25, -0.2) is 0 Å². The van der Waals surface area contributed by atoms with Gasteiger partial charge in [-0.3, -0.25) is 10.1 Å². The van der Waals surface area contributed by atoms with Gasteiger partial charge in [0.25, 0.3) is 5.91 Å². The number of anilines is 1. The van der Waals surface area contributed by atoms with Gasteiger partial charge in [0.15, 0.2) is 16.6 Å². The molecular formula is C21H18N2O6S. The zero-order valence-corrected chi connectivity index (χ0v) is 16.7. The SMILES string of the molecule is COc1ccc(NC(=S)NC(=O)c2ccc3c(c2)OCO3)cc1-c1ccc(CO)o1. The van der Waals surface area contributed by atoms with Crippen molar-refractivity contribution in [3.63, 3.8) is 0 Å². The molecule has 0 aliphatic carbocycles. The fraction of sp³-hybridized carbons (Fsp3) is 0.143. The van der Waals surface area contributed by atoms with Crippen LogP contribution in [0.4, 0.5) is 5.69 Å². The van der Waals surface area contributed by atoms with E-state index < -0.39 is 0 Å². The van der Waals surface area contributed by atoms with E-state index in [1.165, 1.54) is 0 Å². The van der Waals surface area contributed by atoms with E-state index in [0.29, 0.717) is 45.6 Å². The molecule has 1 aromatic heterocycles. The first-order chi connectivity index (χ1) is 14.6. The van der Waals surface area contributed by atoms with Crippen molar-refractivity contribution in [2.45, 2.75) is 6.61 Å². The number of benzene rings is 2. The number of carbonyl (C=O) groups is 1. The molecule has 3 N–H and O–H groups in total. The standard InChI is InChI=1S/C21H18N2O6S/c1-26-16-6-3-13(9-15(16)17-7-4-14(10-24)29-17)22-21(30)23-20(25)12-2-5-18-19(8-12)28-11-27-18/h2-9,24H,10-11H2,1H3,(H2,22,23,25,30). The molecule has 1 aliphatic heterocycles. The molecule has 1 amide bonds. The molecule has 0 atom stereocenters. The number of rotatable bonds is 5. The fourth-order valence-electron chi connectivity index (χ4n) is 2.96. The molecule has 2 heterocycles. The van der Waals surface area contributed by atoms with Crippen molar-refractivity contribution in [2.24, 2.45) is 0 Å². The summed E-state index contributed by atoms with van der Waals surface area (Å²) < 4.78 is 21.5. The number of aliphatic hydroxyl groups is 1. The normalized spacial score (nSPS) is 11.8. The van der Waals surface area contributed by atoms with E-state index in [9.17, 15) is 9.90 Å². The van der Waals surface area contributed by atoms with Crippen molar-refractivity contribution in [1.29, 1.82) is 0 Å². The molecule has 9 heteroatoms. The van der Waals surface area contributed by atoms with E-state index >= 15 is 0 Å². The van der Waals surface area contributed by atoms with Crippen molar-refractivity contribution >= 4 is 28.9 Å². The molecule has 0 fully saturated rings. The average Bonchev–Trinajstić information content (AvgIpc) is 3.42. The first-order valence-corrected chi connectivity index (χ1v) is 9.38. The van der Waals surface area contributed by atoms with Crippen LogP contribution in [0.1, 0.15) is 16.1 Å². The topological polar surface area (TPSA) is 102 Å². The molecule has 0 radical (unpaired) electrons. The molecule has 1 aliphatic rings. The van der Waals surface area contributed by atoms with Crippen LogP contribution in [0, 0.1) is 0 Å². The highest BCUT2D eigenvalue weighted by Crippen LogP contribution is 2.34. The lowest BCUT2D eigenvalue weighted by molar-refractivity contribution is 0.0977. The van der Waals surface area contributed by atoms with Gasteiger partial charge in [0.2, 0.25) is 6.79 Å². The Balaban J connectivity index is 1.47. The number of ether oxygens (including phenoxy) is 3. The van der Waals surface area contributed by atoms with E-state index in [0.717, 1.165) is 0 Å². The van der Waals surface area contributed by atoms with Gasteiger partial charge in [-0.05, 0) is 60.7 Å². The summed E-state index contributed by atoms with van der Waals surface area (Å²) in [6, 6.07) is 13.6. The van der Waals surface area contributed by atoms with Crippen LogP contribution >= 0.6 is 12.2 Å². The number of hydrogen-bond donors (Lipinski definition) is 3. The van der Waals surface area contributed by atoms with Crippen LogP contribution in [0.25, 0.3) is 11.3 Å². The number of aliphatic hydroxyl groups excluding tert-OH is 1. The zero-order valence-electron chi connectivity index (χ0n) is 15.9. The lowest BCUT2D eigenvalue weighted by atomic mass is 10.1. The average molecular weight is 426 g/mol. The van der Waals surface area contributed by atoms with Crippen LogP contribution in [-0.4, -0.2) is 30.0 Å². The minimum Gasteiger partial charge on any atom is -0.496 e. The predicted molar refractivity (Wildman–Crippen MR) is 113 cm³/mol. The molecular weight excluding hydrogens is 408 g/mol. The molecule has 30 heavy (non-hydrogen) atoms. The summed E-state index contributed by atoms with van der Waals surface area (Å²) in [5, 5.41) is 15.0. The molecule has 0 spiro atoms. The van der Waals surface area contributed by atoms with Crippen LogP contribution in [0.5, 0.6) is 17.2 Å². The van der Waals surface area contributed by atoms with Gasteiger partial charge in [0.05, 0.1) is 12.7 Å². The Hall–Kier alpha value is -3.56. The number of methoxy groups -OCH3 is 1. The van der Waals surface area contributed by atoms with E-state index in [-0.39, 0.29) is 24.4 Å². The van der Waals surface area contributed by atoms with Crippen LogP contribution in [-0.2, 0) is 6.61 Å². The van der Waals surface area contributed by atoms with Crippen molar-refractivity contribution in [2.75, 3.05) is 19.2 Å². The maximum atomic E-state index is 12.5. The predicted octanol–water partition coefficient (Wildman–Crippen LogP) is 3.30. The summed E-state index contributed by atoms with van der Waals surface area (Å²) in [5.74, 6) is 2.31. The van der Waals surface area contributed by atoms with Crippen LogP contribution in [0.15, 0.2) is 52.9 Å². The molecule has 3 aromatic rings. The third kappa shape index (κ3) is 4.07. The molecule has 0 saturated carbocycles. The largest absolute Gasteiger partial charge is 0.496 e. The highest BCUT2D eigenvalue weighted by Gasteiger charge is 2.17. The van der Waals surface area contributed by atoms with Gasteiger partial charge in [0.1, 0.15) is 23.9 Å². The smallest absolute Gasteiger partial charge is 0.257 e. The van der Waals surface area contributed by atoms with E-state index in [1.54, 1.807) is 55.6 Å². The second-order valence-electron chi connectivity index (χ2n) is 6.32. The minimum atomic E-state index is -0.377. The van der Waals surface area contributed by atoms with Crippen molar-refractivity contribution in [1.82, 2.24) is 5.32 Å². The zero-order chi connectivity index (χ0) is 21.1. The number of nitrogens with one attached hydrogen (secondary N) is 2. The van der Waals surface area contributed by atoms with Gasteiger partial charge in [-0.2, -0.15) is 0 Å². The molecule has 4 rings (SSSR count). The second kappa shape index (κ2) is 8.44. The first kappa shape index (κ1) is 19.7. The summed E-state index contributed by atoms with van der Waals surface area (Å²) in [5.41, 5.74) is 1.70. The van der Waals surface area contributed by atoms with Gasteiger partial charge >= 0.3 is 0 Å². The molecule has 8 nitrogen and oxygen atoms in total. The highest BCUT2D eigenvalue weighted by atomic mass is 32.1. The Morgan fingerprint density at radius 3 is 2.73 bits per heavy atom. The summed E-state index contributed by atoms with van der Waals surface area (Å²) in [7, 11) is 1.55. The Morgan fingerprint density at radius 1 is 1.13 bits per heavy atom. The number of thiocarbonyl (C=S) groups is 1. The van der Waals surface area contributed by atoms with Crippen LogP contribution in [0.3, 0.4) is 0 Å². The van der Waals surface area contributed by atoms with Crippen LogP contribution < -0.4 is 24.8 Å². The Kier molecular flexibility index (Phi) is 5.55. The van der Waals surface area contributed by atoms with E-state index in [2.05, 4.69) is 10.6 Å². The lowest BCUT2D eigenvalue weighted by Crippen LogP contribution is -2.34. The third-order valence-electron chi connectivity index (χ3n) is 4.40. The van der Waals surface area contributed by atoms with E-state index in [4.69, 9.17) is 30.8 Å². The summed E-state index contributed by atoms with van der Waals surface area (Å²) in [4.78, 5) is 12.5. The Bertz CT molecular complexity index is 1110. The number of carbonyl (C=O) groups excluding carboxylic acids is 1. The maximum absolute atomic E-state index is 12.5. The van der Waals surface area contributed by atoms with Crippen molar-refractivity contribution in [3.8, 4) is 28.6 Å². The minimum absolute atomic E-state index is 0.129. The van der Waals surface area contributed by atoms with Gasteiger partial charge in [-0.1, -0.05) is 0 Å². The monoisotopic (exact) mass is 426 g/mol. The summed E-state index contributed by atoms with van der Waals surface area (Å²) in [6.07, 6.45) is 0. The number of fused-ring (bicyclic) bond motifs is 1. The number of furan rings is 1. The molecule has 0 saturated heterocycles.